The highest BCUT2D eigenvalue weighted by molar-refractivity contribution is 5.95. The molecule has 3 rings (SSSR count). The number of carbonyl (C=O) groups is 1. The average Bonchev–Trinajstić information content (AvgIpc) is 2.96. The molecule has 2 aromatic carbocycles. The molecule has 2 aromatic rings. The predicted octanol–water partition coefficient (Wildman–Crippen LogP) is 2.46. The monoisotopic (exact) mass is 304 g/mol. The maximum atomic E-state index is 13.4. The molecule has 5 nitrogen and oxygen atoms in total. The van der Waals surface area contributed by atoms with Crippen LogP contribution in [0.5, 0.6) is 11.5 Å². The van der Waals surface area contributed by atoms with E-state index in [2.05, 4.69) is 10.5 Å². The number of halogens is 2. The Morgan fingerprint density at radius 1 is 1.14 bits per heavy atom. The number of hydrazone groups is 1. The molecular formula is C15H10F2N2O3. The number of carbonyl (C=O) groups excluding carboxylic acids is 1. The minimum absolute atomic E-state index is 0.104. The van der Waals surface area contributed by atoms with Crippen LogP contribution in [0.25, 0.3) is 0 Å². The number of ether oxygens (including phenoxy) is 2. The highest BCUT2D eigenvalue weighted by Gasteiger charge is 2.17. The highest BCUT2D eigenvalue weighted by atomic mass is 19.1. The summed E-state index contributed by atoms with van der Waals surface area (Å²) in [5.74, 6) is -1.82. The first kappa shape index (κ1) is 14.0. The summed E-state index contributed by atoms with van der Waals surface area (Å²) in [4.78, 5) is 11.7. The van der Waals surface area contributed by atoms with Gasteiger partial charge in [-0.2, -0.15) is 5.10 Å². The molecule has 1 amide bonds. The van der Waals surface area contributed by atoms with Crippen LogP contribution in [0, 0.1) is 11.6 Å². The van der Waals surface area contributed by atoms with Crippen LogP contribution in [0.2, 0.25) is 0 Å². The van der Waals surface area contributed by atoms with Crippen LogP contribution in [0.15, 0.2) is 41.5 Å². The summed E-state index contributed by atoms with van der Waals surface area (Å²) in [6.07, 6.45) is 1.31. The summed E-state index contributed by atoms with van der Waals surface area (Å²) in [5, 5.41) is 3.68. The number of nitrogens with zero attached hydrogens (tertiary/aromatic N) is 1. The number of fused-ring (bicyclic) bond motifs is 1. The molecule has 0 saturated heterocycles. The summed E-state index contributed by atoms with van der Waals surface area (Å²) in [6.45, 7) is 0.104. The third kappa shape index (κ3) is 2.60. The summed E-state index contributed by atoms with van der Waals surface area (Å²) < 4.78 is 37.3. The zero-order valence-electron chi connectivity index (χ0n) is 11.2. The van der Waals surface area contributed by atoms with Crippen LogP contribution in [0.1, 0.15) is 15.9 Å². The Kier molecular flexibility index (Phi) is 3.69. The molecular weight excluding hydrogens is 294 g/mol. The van der Waals surface area contributed by atoms with Gasteiger partial charge in [0, 0.05) is 5.56 Å². The van der Waals surface area contributed by atoms with E-state index in [0.717, 1.165) is 12.1 Å². The Bertz CT molecular complexity index is 742. The van der Waals surface area contributed by atoms with E-state index >= 15 is 0 Å². The van der Waals surface area contributed by atoms with Crippen LogP contribution >= 0.6 is 0 Å². The van der Waals surface area contributed by atoms with E-state index in [4.69, 9.17) is 9.47 Å². The molecule has 0 fully saturated rings. The Balaban J connectivity index is 1.76. The first-order valence-electron chi connectivity index (χ1n) is 6.33. The maximum absolute atomic E-state index is 13.4. The molecule has 112 valence electrons. The normalized spacial score (nSPS) is 12.6. The zero-order chi connectivity index (χ0) is 15.5. The van der Waals surface area contributed by atoms with Crippen LogP contribution in [0.4, 0.5) is 8.78 Å². The smallest absolute Gasteiger partial charge is 0.277 e. The topological polar surface area (TPSA) is 59.9 Å². The summed E-state index contributed by atoms with van der Waals surface area (Å²) >= 11 is 0. The van der Waals surface area contributed by atoms with E-state index in [9.17, 15) is 13.6 Å². The van der Waals surface area contributed by atoms with E-state index in [0.29, 0.717) is 17.1 Å². The van der Waals surface area contributed by atoms with Crippen molar-refractivity contribution in [3.63, 3.8) is 0 Å². The second-order valence-corrected chi connectivity index (χ2v) is 4.38. The summed E-state index contributed by atoms with van der Waals surface area (Å²) in [6, 6.07) is 8.33. The van der Waals surface area contributed by atoms with Crippen LogP contribution in [0.3, 0.4) is 0 Å². The molecule has 0 saturated carbocycles. The molecule has 7 heteroatoms. The lowest BCUT2D eigenvalue weighted by Crippen LogP contribution is -2.20. The fourth-order valence-electron chi connectivity index (χ4n) is 1.99. The first-order valence-corrected chi connectivity index (χ1v) is 6.33. The lowest BCUT2D eigenvalue weighted by molar-refractivity contribution is 0.0946. The zero-order valence-corrected chi connectivity index (χ0v) is 11.2. The number of hydrogen-bond acceptors (Lipinski definition) is 4. The van der Waals surface area contributed by atoms with E-state index in [1.165, 1.54) is 12.3 Å². The SMILES string of the molecule is O=C(NN=Cc1cccc2c1OCO2)c1c(F)cccc1F. The van der Waals surface area contributed by atoms with Gasteiger partial charge in [0.2, 0.25) is 6.79 Å². The maximum Gasteiger partial charge on any atom is 0.277 e. The standard InChI is InChI=1S/C15H10F2N2O3/c16-10-4-2-5-11(17)13(10)15(20)19-18-7-9-3-1-6-12-14(9)22-8-21-12/h1-7H,8H2,(H,19,20). The molecule has 0 aromatic heterocycles. The molecule has 0 atom stereocenters. The quantitative estimate of drug-likeness (QED) is 0.700. The van der Waals surface area contributed by atoms with Gasteiger partial charge in [-0.1, -0.05) is 12.1 Å². The largest absolute Gasteiger partial charge is 0.454 e. The molecule has 0 bridgehead atoms. The van der Waals surface area contributed by atoms with E-state index in [-0.39, 0.29) is 6.79 Å². The number of benzene rings is 2. The van der Waals surface area contributed by atoms with Gasteiger partial charge in [-0.3, -0.25) is 4.79 Å². The fourth-order valence-corrected chi connectivity index (χ4v) is 1.99. The van der Waals surface area contributed by atoms with Crippen LogP contribution in [-0.2, 0) is 0 Å². The van der Waals surface area contributed by atoms with Gasteiger partial charge in [0.1, 0.15) is 17.2 Å². The second-order valence-electron chi connectivity index (χ2n) is 4.38. The van der Waals surface area contributed by atoms with E-state index < -0.39 is 23.1 Å². The van der Waals surface area contributed by atoms with Crippen molar-refractivity contribution in [1.29, 1.82) is 0 Å². The van der Waals surface area contributed by atoms with Crippen LogP contribution in [-0.4, -0.2) is 18.9 Å². The van der Waals surface area contributed by atoms with Gasteiger partial charge in [-0.25, -0.2) is 14.2 Å². The number of hydrogen-bond donors (Lipinski definition) is 1. The lowest BCUT2D eigenvalue weighted by Gasteiger charge is -2.03. The molecule has 22 heavy (non-hydrogen) atoms. The van der Waals surface area contributed by atoms with Gasteiger partial charge in [-0.15, -0.1) is 0 Å². The third-order valence-corrected chi connectivity index (χ3v) is 2.99. The van der Waals surface area contributed by atoms with Crippen molar-refractivity contribution in [2.24, 2.45) is 5.10 Å². The van der Waals surface area contributed by atoms with Crippen molar-refractivity contribution in [2.75, 3.05) is 6.79 Å². The molecule has 1 aliphatic rings. The van der Waals surface area contributed by atoms with Gasteiger partial charge in [0.25, 0.3) is 5.91 Å². The minimum atomic E-state index is -0.975. The second kappa shape index (κ2) is 5.80. The molecule has 1 N–H and O–H groups in total. The Labute approximate surface area is 124 Å². The minimum Gasteiger partial charge on any atom is -0.454 e. The van der Waals surface area contributed by atoms with Gasteiger partial charge in [0.05, 0.1) is 6.21 Å². The Hall–Kier alpha value is -2.96. The number of rotatable bonds is 3. The lowest BCUT2D eigenvalue weighted by atomic mass is 10.2. The third-order valence-electron chi connectivity index (χ3n) is 2.99. The van der Waals surface area contributed by atoms with Crippen molar-refractivity contribution in [3.05, 3.63) is 59.2 Å². The van der Waals surface area contributed by atoms with E-state index in [1.54, 1.807) is 18.2 Å². The number of para-hydroxylation sites is 1. The van der Waals surface area contributed by atoms with Crippen molar-refractivity contribution in [1.82, 2.24) is 5.43 Å². The number of amides is 1. The van der Waals surface area contributed by atoms with Crippen LogP contribution < -0.4 is 14.9 Å². The van der Waals surface area contributed by atoms with Gasteiger partial charge < -0.3 is 9.47 Å². The molecule has 0 unspecified atom stereocenters. The molecule has 1 heterocycles. The first-order chi connectivity index (χ1) is 10.7. The van der Waals surface area contributed by atoms with Crippen molar-refractivity contribution >= 4 is 12.1 Å². The Morgan fingerprint density at radius 2 is 1.86 bits per heavy atom. The van der Waals surface area contributed by atoms with E-state index in [1.807, 2.05) is 0 Å². The molecule has 0 radical (unpaired) electrons. The van der Waals surface area contributed by atoms with Crippen molar-refractivity contribution in [3.8, 4) is 11.5 Å². The summed E-state index contributed by atoms with van der Waals surface area (Å²) in [7, 11) is 0. The van der Waals surface area contributed by atoms with Gasteiger partial charge >= 0.3 is 0 Å². The molecule has 0 spiro atoms. The van der Waals surface area contributed by atoms with Gasteiger partial charge in [-0.05, 0) is 24.3 Å². The van der Waals surface area contributed by atoms with Crippen molar-refractivity contribution < 1.29 is 23.0 Å². The van der Waals surface area contributed by atoms with Crippen molar-refractivity contribution in [2.45, 2.75) is 0 Å². The predicted molar refractivity (Wildman–Crippen MR) is 74.0 cm³/mol. The number of nitrogens with one attached hydrogen (secondary N) is 1. The molecule has 0 aliphatic carbocycles. The fraction of sp³-hybridized carbons (Fsp3) is 0.0667. The van der Waals surface area contributed by atoms with Gasteiger partial charge in [0.15, 0.2) is 11.5 Å². The summed E-state index contributed by atoms with van der Waals surface area (Å²) in [5.41, 5.74) is 1.96. The molecule has 1 aliphatic heterocycles. The average molecular weight is 304 g/mol. The highest BCUT2D eigenvalue weighted by Crippen LogP contribution is 2.34. The Morgan fingerprint density at radius 3 is 2.64 bits per heavy atom.